The van der Waals surface area contributed by atoms with Gasteiger partial charge in [-0.2, -0.15) is 5.26 Å². The fourth-order valence-electron chi connectivity index (χ4n) is 1.84. The molecule has 5 heteroatoms. The number of carbonyl (C=O) groups excluding carboxylic acids is 1. The van der Waals surface area contributed by atoms with Gasteiger partial charge in [0.1, 0.15) is 6.07 Å². The summed E-state index contributed by atoms with van der Waals surface area (Å²) >= 11 is 0. The molecule has 0 aromatic carbocycles. The number of carboxylic acids is 1. The van der Waals surface area contributed by atoms with Crippen molar-refractivity contribution >= 4 is 11.9 Å². The number of esters is 1. The minimum atomic E-state index is -0.856. The number of hydrogen-bond acceptors (Lipinski definition) is 4. The van der Waals surface area contributed by atoms with Gasteiger partial charge in [-0.3, -0.25) is 4.79 Å². The van der Waals surface area contributed by atoms with Crippen molar-refractivity contribution < 1.29 is 19.4 Å². The molecule has 0 heterocycles. The Bertz CT molecular complexity index is 378. The number of aliphatic carboxylic acids is 1. The second kappa shape index (κ2) is 4.35. The fourth-order valence-corrected chi connectivity index (χ4v) is 1.84. The van der Waals surface area contributed by atoms with Crippen molar-refractivity contribution in [1.82, 2.24) is 0 Å². The summed E-state index contributed by atoms with van der Waals surface area (Å²) in [6.07, 6.45) is 2.73. The fraction of sp³-hybridized carbons (Fsp3) is 0.545. The number of nitriles is 1. The van der Waals surface area contributed by atoms with E-state index in [4.69, 9.17) is 10.4 Å². The molecule has 1 N–H and O–H groups in total. The predicted octanol–water partition coefficient (Wildman–Crippen LogP) is 0.966. The summed E-state index contributed by atoms with van der Waals surface area (Å²) in [6.45, 7) is 3.38. The number of nitrogens with zero attached hydrogens (tertiary/aromatic N) is 1. The number of rotatable bonds is 4. The zero-order valence-corrected chi connectivity index (χ0v) is 9.14. The van der Waals surface area contributed by atoms with Gasteiger partial charge < -0.3 is 9.84 Å². The van der Waals surface area contributed by atoms with E-state index < -0.39 is 17.9 Å². The predicted molar refractivity (Wildman–Crippen MR) is 54.1 cm³/mol. The van der Waals surface area contributed by atoms with Gasteiger partial charge in [-0.25, -0.2) is 4.79 Å². The van der Waals surface area contributed by atoms with Gasteiger partial charge in [0, 0.05) is 6.08 Å². The largest absolute Gasteiger partial charge is 0.481 e. The SMILES string of the molecule is CC1(C)C(C=CC(=O)OCC#N)C1C(=O)O. The summed E-state index contributed by atoms with van der Waals surface area (Å²) in [7, 11) is 0. The van der Waals surface area contributed by atoms with Gasteiger partial charge in [-0.05, 0) is 11.3 Å². The summed E-state index contributed by atoms with van der Waals surface area (Å²) in [5, 5.41) is 17.0. The van der Waals surface area contributed by atoms with Crippen LogP contribution in [0.25, 0.3) is 0 Å². The highest BCUT2D eigenvalue weighted by Crippen LogP contribution is 2.58. The number of hydrogen-bond donors (Lipinski definition) is 1. The Hall–Kier alpha value is -1.83. The van der Waals surface area contributed by atoms with Crippen LogP contribution in [-0.2, 0) is 14.3 Å². The first-order valence-electron chi connectivity index (χ1n) is 4.86. The number of allylic oxidation sites excluding steroid dienone is 1. The first-order chi connectivity index (χ1) is 7.41. The van der Waals surface area contributed by atoms with Crippen LogP contribution in [-0.4, -0.2) is 23.7 Å². The first kappa shape index (κ1) is 12.2. The number of ether oxygens (including phenoxy) is 1. The maximum atomic E-state index is 11.0. The lowest BCUT2D eigenvalue weighted by Gasteiger charge is -1.96. The van der Waals surface area contributed by atoms with E-state index in [9.17, 15) is 9.59 Å². The molecular formula is C11H13NO4. The van der Waals surface area contributed by atoms with Crippen molar-refractivity contribution in [2.24, 2.45) is 17.3 Å². The molecule has 0 aromatic rings. The summed E-state index contributed by atoms with van der Waals surface area (Å²) in [5.74, 6) is -2.08. The minimum absolute atomic E-state index is 0.153. The average molecular weight is 223 g/mol. The summed E-state index contributed by atoms with van der Waals surface area (Å²) < 4.78 is 4.50. The van der Waals surface area contributed by atoms with Gasteiger partial charge in [0.25, 0.3) is 0 Å². The van der Waals surface area contributed by atoms with E-state index in [1.54, 1.807) is 12.1 Å². The van der Waals surface area contributed by atoms with E-state index in [0.717, 1.165) is 0 Å². The molecule has 0 aliphatic heterocycles. The van der Waals surface area contributed by atoms with Crippen molar-refractivity contribution in [2.45, 2.75) is 13.8 Å². The third-order valence-corrected chi connectivity index (χ3v) is 2.90. The van der Waals surface area contributed by atoms with Crippen LogP contribution in [0.5, 0.6) is 0 Å². The monoisotopic (exact) mass is 223 g/mol. The number of carboxylic acid groups (broad SMARTS) is 1. The van der Waals surface area contributed by atoms with Gasteiger partial charge >= 0.3 is 11.9 Å². The molecule has 0 radical (unpaired) electrons. The minimum Gasteiger partial charge on any atom is -0.481 e. The maximum Gasteiger partial charge on any atom is 0.331 e. The molecule has 1 fully saturated rings. The van der Waals surface area contributed by atoms with Gasteiger partial charge in [0.2, 0.25) is 0 Å². The molecule has 0 saturated heterocycles. The van der Waals surface area contributed by atoms with Crippen molar-refractivity contribution in [3.8, 4) is 6.07 Å². The molecule has 0 amide bonds. The normalized spacial score (nSPS) is 26.1. The van der Waals surface area contributed by atoms with Gasteiger partial charge in [-0.15, -0.1) is 0 Å². The highest BCUT2D eigenvalue weighted by molar-refractivity contribution is 5.83. The summed E-state index contributed by atoms with van der Waals surface area (Å²) in [6, 6.07) is 1.67. The van der Waals surface area contributed by atoms with Crippen molar-refractivity contribution in [2.75, 3.05) is 6.61 Å². The van der Waals surface area contributed by atoms with Gasteiger partial charge in [0.05, 0.1) is 5.92 Å². The molecule has 1 saturated carbocycles. The van der Waals surface area contributed by atoms with Crippen LogP contribution in [0.3, 0.4) is 0 Å². The van der Waals surface area contributed by atoms with E-state index in [0.29, 0.717) is 0 Å². The molecule has 16 heavy (non-hydrogen) atoms. The zero-order chi connectivity index (χ0) is 12.3. The van der Waals surface area contributed by atoms with E-state index in [-0.39, 0.29) is 17.9 Å². The smallest absolute Gasteiger partial charge is 0.331 e. The zero-order valence-electron chi connectivity index (χ0n) is 9.14. The van der Waals surface area contributed by atoms with E-state index >= 15 is 0 Å². The van der Waals surface area contributed by atoms with Gasteiger partial charge in [-0.1, -0.05) is 19.9 Å². The van der Waals surface area contributed by atoms with E-state index in [1.165, 1.54) is 6.08 Å². The third-order valence-electron chi connectivity index (χ3n) is 2.90. The first-order valence-corrected chi connectivity index (χ1v) is 4.86. The molecule has 2 unspecified atom stereocenters. The van der Waals surface area contributed by atoms with Crippen LogP contribution in [0, 0.1) is 28.6 Å². The highest BCUT2D eigenvalue weighted by atomic mass is 16.5. The highest BCUT2D eigenvalue weighted by Gasteiger charge is 2.60. The second-order valence-corrected chi connectivity index (χ2v) is 4.29. The van der Waals surface area contributed by atoms with Gasteiger partial charge in [0.15, 0.2) is 6.61 Å². The Morgan fingerprint density at radius 1 is 1.56 bits per heavy atom. The van der Waals surface area contributed by atoms with Crippen molar-refractivity contribution in [3.05, 3.63) is 12.2 Å². The Morgan fingerprint density at radius 2 is 2.19 bits per heavy atom. The van der Waals surface area contributed by atoms with Crippen molar-refractivity contribution in [1.29, 1.82) is 5.26 Å². The number of carbonyl (C=O) groups is 2. The molecule has 0 bridgehead atoms. The molecule has 1 aliphatic carbocycles. The molecule has 1 rings (SSSR count). The summed E-state index contributed by atoms with van der Waals surface area (Å²) in [5.41, 5.74) is -0.322. The van der Waals surface area contributed by atoms with Crippen LogP contribution in [0.15, 0.2) is 12.2 Å². The average Bonchev–Trinajstić information content (AvgIpc) is 2.74. The standard InChI is InChI=1S/C11H13NO4/c1-11(2)7(9(11)10(14)15)3-4-8(13)16-6-5-12/h3-4,7,9H,6H2,1-2H3,(H,14,15). The van der Waals surface area contributed by atoms with Crippen molar-refractivity contribution in [3.63, 3.8) is 0 Å². The molecule has 1 aliphatic rings. The second-order valence-electron chi connectivity index (χ2n) is 4.29. The van der Waals surface area contributed by atoms with E-state index in [2.05, 4.69) is 4.74 Å². The Labute approximate surface area is 93.3 Å². The topological polar surface area (TPSA) is 87.4 Å². The lowest BCUT2D eigenvalue weighted by Crippen LogP contribution is -2.03. The lowest BCUT2D eigenvalue weighted by atomic mass is 10.1. The van der Waals surface area contributed by atoms with Crippen LogP contribution < -0.4 is 0 Å². The Balaban J connectivity index is 2.51. The van der Waals surface area contributed by atoms with Crippen LogP contribution in [0.2, 0.25) is 0 Å². The maximum absolute atomic E-state index is 11.0. The lowest BCUT2D eigenvalue weighted by molar-refractivity contribution is -0.139. The quantitative estimate of drug-likeness (QED) is 0.566. The molecule has 2 atom stereocenters. The van der Waals surface area contributed by atoms with Crippen LogP contribution in [0.4, 0.5) is 0 Å². The summed E-state index contributed by atoms with van der Waals surface area (Å²) in [4.78, 5) is 21.8. The van der Waals surface area contributed by atoms with Crippen LogP contribution >= 0.6 is 0 Å². The molecule has 0 aromatic heterocycles. The van der Waals surface area contributed by atoms with Crippen LogP contribution in [0.1, 0.15) is 13.8 Å². The molecule has 5 nitrogen and oxygen atoms in total. The Kier molecular flexibility index (Phi) is 3.33. The molecule has 86 valence electrons. The van der Waals surface area contributed by atoms with E-state index in [1.807, 2.05) is 13.8 Å². The third kappa shape index (κ3) is 2.40. The molecular weight excluding hydrogens is 210 g/mol. The Morgan fingerprint density at radius 3 is 2.62 bits per heavy atom. The molecule has 0 spiro atoms.